The van der Waals surface area contributed by atoms with Crippen molar-refractivity contribution in [3.63, 3.8) is 0 Å². The SMILES string of the molecule is CC(O)C(=O)O.CC(O)C(=O)[O-].CC(O)C(=O)[O-].CC(O)C(=O)[O-].CC(O)C(=O)[O-].[Ti+4]. The number of rotatable bonds is 5. The minimum Gasteiger partial charge on any atom is -0.547 e. The van der Waals surface area contributed by atoms with Crippen molar-refractivity contribution in [2.24, 2.45) is 0 Å². The molecule has 0 heterocycles. The summed E-state index contributed by atoms with van der Waals surface area (Å²) in [5.74, 6) is -6.93. The van der Waals surface area contributed by atoms with Gasteiger partial charge in [0.05, 0.1) is 48.3 Å². The van der Waals surface area contributed by atoms with E-state index in [1.165, 1.54) is 6.92 Å². The van der Waals surface area contributed by atoms with Crippen molar-refractivity contribution < 1.29 is 96.8 Å². The van der Waals surface area contributed by atoms with Crippen LogP contribution in [0.5, 0.6) is 0 Å². The monoisotopic (exact) mass is 494 g/mol. The van der Waals surface area contributed by atoms with Gasteiger partial charge in [0, 0.05) is 0 Å². The summed E-state index contributed by atoms with van der Waals surface area (Å²) in [4.78, 5) is 46.8. The third-order valence-electron chi connectivity index (χ3n) is 1.72. The van der Waals surface area contributed by atoms with Crippen LogP contribution in [0, 0.1) is 0 Å². The maximum Gasteiger partial charge on any atom is 4.00 e. The number of hydrogen-bond acceptors (Lipinski definition) is 14. The molecule has 0 aromatic rings. The van der Waals surface area contributed by atoms with E-state index in [0.29, 0.717) is 0 Å². The van der Waals surface area contributed by atoms with Gasteiger partial charge in [-0.3, -0.25) is 0 Å². The summed E-state index contributed by atoms with van der Waals surface area (Å²) in [5, 5.41) is 85.0. The zero-order valence-corrected chi connectivity index (χ0v) is 18.8. The van der Waals surface area contributed by atoms with Crippen LogP contribution < -0.4 is 20.4 Å². The molecule has 0 amide bonds. The molecule has 0 radical (unpaired) electrons. The Balaban J connectivity index is -0.0000000625. The summed E-state index contributed by atoms with van der Waals surface area (Å²) in [7, 11) is 0. The Labute approximate surface area is 192 Å². The van der Waals surface area contributed by atoms with E-state index in [1.807, 2.05) is 0 Å². The first-order valence-electron chi connectivity index (χ1n) is 7.68. The van der Waals surface area contributed by atoms with Crippen LogP contribution in [-0.2, 0) is 45.7 Å². The summed E-state index contributed by atoms with van der Waals surface area (Å²) in [6.45, 7) is 5.73. The van der Waals surface area contributed by atoms with Gasteiger partial charge in [0.1, 0.15) is 6.10 Å². The van der Waals surface area contributed by atoms with Gasteiger partial charge in [0.25, 0.3) is 0 Å². The number of carbonyl (C=O) groups is 5. The second-order valence-electron chi connectivity index (χ2n) is 4.99. The number of aliphatic hydroxyl groups excluding tert-OH is 5. The fourth-order valence-electron chi connectivity index (χ4n) is 0. The normalized spacial score (nSPS) is 13.2. The molecular weight excluding hydrogens is 468 g/mol. The van der Waals surface area contributed by atoms with E-state index in [4.69, 9.17) is 30.6 Å². The Bertz CT molecular complexity index is 396. The van der Waals surface area contributed by atoms with Gasteiger partial charge in [-0.05, 0) is 34.6 Å². The molecular formula is C15H26O15Ti. The summed E-state index contributed by atoms with van der Waals surface area (Å²) >= 11 is 0. The van der Waals surface area contributed by atoms with E-state index in [9.17, 15) is 44.4 Å². The molecule has 0 spiro atoms. The molecule has 0 aromatic heterocycles. The van der Waals surface area contributed by atoms with E-state index in [-0.39, 0.29) is 21.7 Å². The van der Waals surface area contributed by atoms with Crippen molar-refractivity contribution in [3.05, 3.63) is 0 Å². The van der Waals surface area contributed by atoms with E-state index in [0.717, 1.165) is 27.7 Å². The molecule has 0 rings (SSSR count). The average Bonchev–Trinajstić information content (AvgIpc) is 2.56. The number of carbonyl (C=O) groups excluding carboxylic acids is 4. The topological polar surface area (TPSA) is 299 Å². The molecule has 0 aliphatic rings. The van der Waals surface area contributed by atoms with Crippen molar-refractivity contribution in [2.75, 3.05) is 0 Å². The zero-order chi connectivity index (χ0) is 25.8. The molecule has 0 fully saturated rings. The number of hydrogen-bond donors (Lipinski definition) is 6. The first kappa shape index (κ1) is 42.9. The number of carboxylic acids is 5. The van der Waals surface area contributed by atoms with Gasteiger partial charge in [-0.25, -0.2) is 4.79 Å². The van der Waals surface area contributed by atoms with E-state index in [2.05, 4.69) is 0 Å². The number of carboxylic acid groups (broad SMARTS) is 5. The minimum atomic E-state index is -1.44. The molecule has 6 N–H and O–H groups in total. The van der Waals surface area contributed by atoms with Gasteiger partial charge < -0.3 is 70.2 Å². The maximum atomic E-state index is 9.45. The van der Waals surface area contributed by atoms with Crippen LogP contribution in [0.25, 0.3) is 0 Å². The van der Waals surface area contributed by atoms with Gasteiger partial charge in [-0.15, -0.1) is 0 Å². The van der Waals surface area contributed by atoms with Crippen molar-refractivity contribution >= 4 is 29.8 Å². The molecule has 180 valence electrons. The van der Waals surface area contributed by atoms with Gasteiger partial charge in [-0.2, -0.15) is 0 Å². The largest absolute Gasteiger partial charge is 4.00 e. The first-order valence-corrected chi connectivity index (χ1v) is 7.68. The van der Waals surface area contributed by atoms with Gasteiger partial charge in [-0.1, -0.05) is 0 Å². The first-order chi connectivity index (χ1) is 13.2. The fraction of sp³-hybridized carbons (Fsp3) is 0.667. The zero-order valence-electron chi connectivity index (χ0n) is 17.2. The van der Waals surface area contributed by atoms with Crippen molar-refractivity contribution in [1.29, 1.82) is 0 Å². The number of aliphatic carboxylic acids is 5. The number of aliphatic hydroxyl groups is 5. The molecule has 0 saturated heterocycles. The Kier molecular flexibility index (Phi) is 35.8. The third-order valence-corrected chi connectivity index (χ3v) is 1.72. The summed E-state index contributed by atoms with van der Waals surface area (Å²) in [6, 6.07) is 0. The van der Waals surface area contributed by atoms with Crippen molar-refractivity contribution in [1.82, 2.24) is 0 Å². The maximum absolute atomic E-state index is 9.45. The molecule has 5 unspecified atom stereocenters. The molecule has 0 bridgehead atoms. The predicted molar refractivity (Wildman–Crippen MR) is 86.1 cm³/mol. The molecule has 5 atom stereocenters. The minimum absolute atomic E-state index is 0. The average molecular weight is 494 g/mol. The Hall–Kier alpha value is -2.14. The van der Waals surface area contributed by atoms with Crippen molar-refractivity contribution in [2.45, 2.75) is 65.1 Å². The van der Waals surface area contributed by atoms with Crippen LogP contribution >= 0.6 is 0 Å². The molecule has 16 heteroatoms. The molecule has 0 aliphatic heterocycles. The van der Waals surface area contributed by atoms with E-state index >= 15 is 0 Å². The van der Waals surface area contributed by atoms with Gasteiger partial charge in [0.2, 0.25) is 0 Å². The smallest absolute Gasteiger partial charge is 0.547 e. The summed E-state index contributed by atoms with van der Waals surface area (Å²) in [5.41, 5.74) is 0. The van der Waals surface area contributed by atoms with Gasteiger partial charge in [0.15, 0.2) is 0 Å². The van der Waals surface area contributed by atoms with Crippen molar-refractivity contribution in [3.8, 4) is 0 Å². The second-order valence-corrected chi connectivity index (χ2v) is 4.99. The Morgan fingerprint density at radius 1 is 0.484 bits per heavy atom. The van der Waals surface area contributed by atoms with Crippen LogP contribution in [0.2, 0.25) is 0 Å². The van der Waals surface area contributed by atoms with Crippen LogP contribution in [0.3, 0.4) is 0 Å². The molecule has 0 aromatic carbocycles. The second kappa shape index (κ2) is 25.9. The van der Waals surface area contributed by atoms with E-state index in [1.54, 1.807) is 0 Å². The summed E-state index contributed by atoms with van der Waals surface area (Å²) in [6.07, 6.45) is -6.60. The molecule has 15 nitrogen and oxygen atoms in total. The standard InChI is InChI=1S/5C3H6O3.Ti/c5*1-2(4)3(5)6;/h5*2,4H,1H3,(H,5,6);/q;;;;;+4/p-4. The third kappa shape index (κ3) is 58.4. The molecule has 0 saturated carbocycles. The Morgan fingerprint density at radius 2 is 0.548 bits per heavy atom. The van der Waals surface area contributed by atoms with E-state index < -0.39 is 60.4 Å². The van der Waals surface area contributed by atoms with Crippen LogP contribution in [0.15, 0.2) is 0 Å². The Morgan fingerprint density at radius 3 is 0.548 bits per heavy atom. The quantitative estimate of drug-likeness (QED) is 0.193. The molecule has 31 heavy (non-hydrogen) atoms. The van der Waals surface area contributed by atoms with Gasteiger partial charge >= 0.3 is 27.7 Å². The van der Waals surface area contributed by atoms with Crippen LogP contribution in [-0.4, -0.2) is 91.0 Å². The fourth-order valence-corrected chi connectivity index (χ4v) is 0. The summed E-state index contributed by atoms with van der Waals surface area (Å²) < 4.78 is 0. The molecule has 0 aliphatic carbocycles. The predicted octanol–water partition coefficient (Wildman–Crippen LogP) is -8.08. The van der Waals surface area contributed by atoms with Crippen LogP contribution in [0.1, 0.15) is 34.6 Å². The van der Waals surface area contributed by atoms with Crippen LogP contribution in [0.4, 0.5) is 0 Å².